The highest BCUT2D eigenvalue weighted by molar-refractivity contribution is 7.45. The average molecular weight is 192 g/mol. The van der Waals surface area contributed by atoms with Gasteiger partial charge >= 0.3 is 7.82 Å². The number of hydrogen-bond acceptors (Lipinski definition) is 2. The average Bonchev–Trinajstić information content (AvgIpc) is 2.33. The highest BCUT2D eigenvalue weighted by Gasteiger charge is 2.00. The van der Waals surface area contributed by atoms with Gasteiger partial charge in [0, 0.05) is 12.4 Å². The van der Waals surface area contributed by atoms with E-state index in [-0.39, 0.29) is 0 Å². The number of rotatable bonds is 1. The van der Waals surface area contributed by atoms with Gasteiger partial charge in [0.15, 0.2) is 0 Å². The lowest BCUT2D eigenvalue weighted by atomic mass is 10.6. The van der Waals surface area contributed by atoms with Gasteiger partial charge in [-0.1, -0.05) is 6.58 Å². The summed E-state index contributed by atoms with van der Waals surface area (Å²) in [5, 5.41) is 0. The van der Waals surface area contributed by atoms with Crippen LogP contribution in [0.5, 0.6) is 0 Å². The second-order valence-corrected chi connectivity index (χ2v) is 2.72. The van der Waals surface area contributed by atoms with E-state index in [1.807, 2.05) is 0 Å². The van der Waals surface area contributed by atoms with Crippen LogP contribution in [0.3, 0.4) is 0 Å². The lowest BCUT2D eigenvalue weighted by Gasteiger charge is -1.82. The summed E-state index contributed by atoms with van der Waals surface area (Å²) < 4.78 is 8.88. The van der Waals surface area contributed by atoms with Crippen LogP contribution in [-0.2, 0) is 4.57 Å². The Hall–Kier alpha value is -0.940. The van der Waals surface area contributed by atoms with Crippen molar-refractivity contribution in [3.05, 3.63) is 24.8 Å². The third kappa shape index (κ3) is 9.06. The highest BCUT2D eigenvalue weighted by Crippen LogP contribution is 2.25. The van der Waals surface area contributed by atoms with Crippen LogP contribution in [0.15, 0.2) is 19.0 Å². The molecule has 1 heterocycles. The maximum Gasteiger partial charge on any atom is 0.466 e. The Morgan fingerprint density at radius 2 is 2.08 bits per heavy atom. The van der Waals surface area contributed by atoms with Gasteiger partial charge < -0.3 is 19.7 Å². The molecule has 0 atom stereocenters. The first kappa shape index (κ1) is 11.1. The first-order valence-electron chi connectivity index (χ1n) is 2.83. The molecule has 0 bridgehead atoms. The van der Waals surface area contributed by atoms with Crippen LogP contribution < -0.4 is 0 Å². The van der Waals surface area contributed by atoms with Crippen LogP contribution in [0.1, 0.15) is 5.82 Å². The molecule has 0 saturated carbocycles. The summed E-state index contributed by atoms with van der Waals surface area (Å²) in [7, 11) is -4.64. The van der Waals surface area contributed by atoms with Crippen molar-refractivity contribution in [2.75, 3.05) is 0 Å². The maximum atomic E-state index is 8.88. The molecule has 1 aromatic heterocycles. The maximum absolute atomic E-state index is 8.88. The smallest absolute Gasteiger partial charge is 0.345 e. The van der Waals surface area contributed by atoms with Crippen molar-refractivity contribution in [1.82, 2.24) is 9.97 Å². The molecule has 0 aliphatic carbocycles. The lowest BCUT2D eigenvalue weighted by molar-refractivity contribution is 0.275. The fourth-order valence-electron chi connectivity index (χ4n) is 0.389. The highest BCUT2D eigenvalue weighted by atomic mass is 31.2. The summed E-state index contributed by atoms with van der Waals surface area (Å²) >= 11 is 0. The first-order valence-corrected chi connectivity index (χ1v) is 4.40. The zero-order valence-electron chi connectivity index (χ0n) is 6.08. The van der Waals surface area contributed by atoms with E-state index in [4.69, 9.17) is 19.2 Å². The molecule has 0 radical (unpaired) electrons. The van der Waals surface area contributed by atoms with Gasteiger partial charge in [-0.3, -0.25) is 0 Å². The van der Waals surface area contributed by atoms with E-state index in [2.05, 4.69) is 16.5 Å². The summed E-state index contributed by atoms with van der Waals surface area (Å²) in [6.45, 7) is 3.51. The predicted octanol–water partition coefficient (Wildman–Crippen LogP) is 0.124. The molecule has 4 N–H and O–H groups in total. The summed E-state index contributed by atoms with van der Waals surface area (Å²) in [5.41, 5.74) is 0. The molecule has 0 fully saturated rings. The summed E-state index contributed by atoms with van der Waals surface area (Å²) in [6, 6.07) is 0. The number of hydrogen-bond donors (Lipinski definition) is 4. The minimum Gasteiger partial charge on any atom is -0.345 e. The van der Waals surface area contributed by atoms with Crippen LogP contribution in [-0.4, -0.2) is 24.6 Å². The molecular formula is C5H9N2O4P. The molecule has 6 nitrogen and oxygen atoms in total. The Kier molecular flexibility index (Phi) is 4.46. The van der Waals surface area contributed by atoms with Gasteiger partial charge in [0.25, 0.3) is 0 Å². The van der Waals surface area contributed by atoms with Gasteiger partial charge in [0.2, 0.25) is 0 Å². The van der Waals surface area contributed by atoms with Crippen LogP contribution in [0.4, 0.5) is 0 Å². The molecule has 12 heavy (non-hydrogen) atoms. The number of imidazole rings is 1. The predicted molar refractivity (Wildman–Crippen MR) is 42.9 cm³/mol. The van der Waals surface area contributed by atoms with Crippen LogP contribution in [0.2, 0.25) is 0 Å². The van der Waals surface area contributed by atoms with Crippen molar-refractivity contribution in [2.24, 2.45) is 0 Å². The van der Waals surface area contributed by atoms with Crippen molar-refractivity contribution >= 4 is 13.9 Å². The molecule has 0 spiro atoms. The first-order chi connectivity index (χ1) is 5.43. The standard InChI is InChI=1S/C5H6N2.H3O4P/c1-2-5-6-3-4-7-5;1-5(2,3)4/h2-4H,1H2,(H,6,7);(H3,1,2,3,4). The normalized spacial score (nSPS) is 9.92. The molecule has 7 heteroatoms. The topological polar surface area (TPSA) is 106 Å². The van der Waals surface area contributed by atoms with E-state index in [0.717, 1.165) is 5.82 Å². The van der Waals surface area contributed by atoms with E-state index in [0.29, 0.717) is 0 Å². The van der Waals surface area contributed by atoms with Gasteiger partial charge in [-0.15, -0.1) is 0 Å². The van der Waals surface area contributed by atoms with Gasteiger partial charge in [0.05, 0.1) is 0 Å². The minimum absolute atomic E-state index is 0.819. The number of aromatic amines is 1. The Morgan fingerprint density at radius 3 is 2.25 bits per heavy atom. The third-order valence-corrected chi connectivity index (χ3v) is 0.713. The van der Waals surface area contributed by atoms with E-state index in [1.165, 1.54) is 0 Å². The molecule has 0 saturated heterocycles. The molecule has 0 aromatic carbocycles. The molecule has 0 aliphatic heterocycles. The van der Waals surface area contributed by atoms with Crippen molar-refractivity contribution in [3.63, 3.8) is 0 Å². The zero-order valence-corrected chi connectivity index (χ0v) is 6.98. The van der Waals surface area contributed by atoms with Crippen molar-refractivity contribution < 1.29 is 19.2 Å². The molecule has 0 unspecified atom stereocenters. The fourth-order valence-corrected chi connectivity index (χ4v) is 0.389. The second-order valence-electron chi connectivity index (χ2n) is 1.69. The van der Waals surface area contributed by atoms with Gasteiger partial charge in [-0.2, -0.15) is 0 Å². The number of aromatic nitrogens is 2. The minimum atomic E-state index is -4.64. The lowest BCUT2D eigenvalue weighted by Crippen LogP contribution is -1.67. The van der Waals surface area contributed by atoms with Crippen molar-refractivity contribution in [1.29, 1.82) is 0 Å². The largest absolute Gasteiger partial charge is 0.466 e. The third-order valence-electron chi connectivity index (χ3n) is 0.713. The number of H-pyrrole nitrogens is 1. The van der Waals surface area contributed by atoms with Crippen molar-refractivity contribution in [3.8, 4) is 0 Å². The SMILES string of the molecule is C=Cc1ncc[nH]1.O=P(O)(O)O. The van der Waals surface area contributed by atoms with E-state index in [9.17, 15) is 0 Å². The van der Waals surface area contributed by atoms with Gasteiger partial charge in [-0.05, 0) is 6.08 Å². The molecular weight excluding hydrogens is 183 g/mol. The van der Waals surface area contributed by atoms with E-state index >= 15 is 0 Å². The second kappa shape index (κ2) is 4.84. The van der Waals surface area contributed by atoms with Crippen LogP contribution in [0, 0.1) is 0 Å². The Balaban J connectivity index is 0.000000217. The zero-order chi connectivity index (χ0) is 9.61. The monoisotopic (exact) mass is 192 g/mol. The summed E-state index contributed by atoms with van der Waals surface area (Å²) in [4.78, 5) is 28.3. The van der Waals surface area contributed by atoms with Gasteiger partial charge in [0.1, 0.15) is 5.82 Å². The summed E-state index contributed by atoms with van der Waals surface area (Å²) in [5.74, 6) is 0.819. The Morgan fingerprint density at radius 1 is 1.58 bits per heavy atom. The van der Waals surface area contributed by atoms with E-state index in [1.54, 1.807) is 18.5 Å². The summed E-state index contributed by atoms with van der Waals surface area (Å²) in [6.07, 6.45) is 5.12. The fraction of sp³-hybridized carbons (Fsp3) is 0. The Labute approximate surface area is 68.8 Å². The van der Waals surface area contributed by atoms with Crippen molar-refractivity contribution in [2.45, 2.75) is 0 Å². The number of nitrogens with one attached hydrogen (secondary N) is 1. The molecule has 0 aliphatic rings. The molecule has 68 valence electrons. The molecule has 0 amide bonds. The van der Waals surface area contributed by atoms with Gasteiger partial charge in [-0.25, -0.2) is 9.55 Å². The Bertz CT molecular complexity index is 257. The number of nitrogens with zero attached hydrogens (tertiary/aromatic N) is 1. The molecule has 1 rings (SSSR count). The van der Waals surface area contributed by atoms with E-state index < -0.39 is 7.82 Å². The van der Waals surface area contributed by atoms with Crippen LogP contribution >= 0.6 is 7.82 Å². The quantitative estimate of drug-likeness (QED) is 0.473. The number of phosphoric acid groups is 1. The van der Waals surface area contributed by atoms with Crippen LogP contribution in [0.25, 0.3) is 6.08 Å². The molecule has 1 aromatic rings.